The molecule has 0 fully saturated rings. The number of rotatable bonds is 6. The summed E-state index contributed by atoms with van der Waals surface area (Å²) >= 11 is 3.09. The zero-order chi connectivity index (χ0) is 18.8. The molecule has 0 aliphatic carbocycles. The first kappa shape index (κ1) is 17.6. The van der Waals surface area contributed by atoms with Crippen molar-refractivity contribution in [1.29, 1.82) is 0 Å². The summed E-state index contributed by atoms with van der Waals surface area (Å²) in [5.41, 5.74) is 3.42. The standard InChI is InChI=1S/C20H17N3O2S2/c1-13-11-16(14(2)23(13)20-22-8-10-27-20)17(24)12-25-18-6-4-3-5-15(18)19-21-7-9-26-19/h3-11H,12H2,1-2H3. The zero-order valence-corrected chi connectivity index (χ0v) is 16.5. The van der Waals surface area contributed by atoms with Crippen molar-refractivity contribution >= 4 is 28.5 Å². The van der Waals surface area contributed by atoms with Gasteiger partial charge < -0.3 is 4.74 Å². The van der Waals surface area contributed by atoms with E-state index in [-0.39, 0.29) is 12.4 Å². The topological polar surface area (TPSA) is 57.0 Å². The Morgan fingerprint density at radius 1 is 1.11 bits per heavy atom. The van der Waals surface area contributed by atoms with Crippen LogP contribution in [0.2, 0.25) is 0 Å². The van der Waals surface area contributed by atoms with Crippen LogP contribution < -0.4 is 4.74 Å². The maximum absolute atomic E-state index is 12.8. The summed E-state index contributed by atoms with van der Waals surface area (Å²) < 4.78 is 7.87. The van der Waals surface area contributed by atoms with Gasteiger partial charge in [0, 0.05) is 40.1 Å². The predicted octanol–water partition coefficient (Wildman–Crippen LogP) is 4.94. The number of benzene rings is 1. The molecule has 1 aromatic carbocycles. The number of nitrogens with zero attached hydrogens (tertiary/aromatic N) is 3. The summed E-state index contributed by atoms with van der Waals surface area (Å²) in [7, 11) is 0. The van der Waals surface area contributed by atoms with Crippen LogP contribution in [0.4, 0.5) is 0 Å². The quantitative estimate of drug-likeness (QED) is 0.434. The molecule has 0 unspecified atom stereocenters. The van der Waals surface area contributed by atoms with Gasteiger partial charge >= 0.3 is 0 Å². The summed E-state index contributed by atoms with van der Waals surface area (Å²) in [6.07, 6.45) is 3.52. The van der Waals surface area contributed by atoms with Crippen molar-refractivity contribution in [1.82, 2.24) is 14.5 Å². The minimum atomic E-state index is -0.0557. The Morgan fingerprint density at radius 3 is 2.63 bits per heavy atom. The molecule has 0 saturated heterocycles. The lowest BCUT2D eigenvalue weighted by Crippen LogP contribution is -2.13. The van der Waals surface area contributed by atoms with E-state index in [0.29, 0.717) is 11.3 Å². The zero-order valence-electron chi connectivity index (χ0n) is 14.9. The lowest BCUT2D eigenvalue weighted by molar-refractivity contribution is 0.0921. The smallest absolute Gasteiger partial charge is 0.202 e. The van der Waals surface area contributed by atoms with Gasteiger partial charge in [-0.25, -0.2) is 9.97 Å². The molecule has 0 radical (unpaired) electrons. The molecular weight excluding hydrogens is 378 g/mol. The summed E-state index contributed by atoms with van der Waals surface area (Å²) in [6.45, 7) is 3.89. The molecule has 136 valence electrons. The molecule has 0 aliphatic rings. The molecule has 7 heteroatoms. The van der Waals surface area contributed by atoms with E-state index in [4.69, 9.17) is 4.74 Å². The highest BCUT2D eigenvalue weighted by Crippen LogP contribution is 2.31. The van der Waals surface area contributed by atoms with Crippen LogP contribution in [0.15, 0.2) is 53.5 Å². The van der Waals surface area contributed by atoms with Crippen LogP contribution in [0, 0.1) is 13.8 Å². The number of aromatic nitrogens is 3. The lowest BCUT2D eigenvalue weighted by atomic mass is 10.1. The van der Waals surface area contributed by atoms with E-state index in [2.05, 4.69) is 9.97 Å². The van der Waals surface area contributed by atoms with Crippen molar-refractivity contribution in [3.05, 3.63) is 70.4 Å². The van der Waals surface area contributed by atoms with Crippen molar-refractivity contribution in [3.8, 4) is 21.5 Å². The van der Waals surface area contributed by atoms with E-state index in [1.165, 1.54) is 0 Å². The largest absolute Gasteiger partial charge is 0.485 e. The van der Waals surface area contributed by atoms with Gasteiger partial charge in [0.05, 0.1) is 5.56 Å². The average Bonchev–Trinajstić information content (AvgIpc) is 3.42. The van der Waals surface area contributed by atoms with Gasteiger partial charge in [-0.2, -0.15) is 0 Å². The number of ether oxygens (including phenoxy) is 1. The number of Topliss-reactive ketones (excluding diaryl/α,β-unsaturated/α-hetero) is 1. The number of hydrogen-bond acceptors (Lipinski definition) is 6. The second-order valence-corrected chi connectivity index (χ2v) is 7.75. The van der Waals surface area contributed by atoms with Gasteiger partial charge in [0.15, 0.2) is 11.7 Å². The predicted molar refractivity (Wildman–Crippen MR) is 108 cm³/mol. The van der Waals surface area contributed by atoms with Crippen molar-refractivity contribution in [2.75, 3.05) is 6.61 Å². The number of para-hydroxylation sites is 1. The minimum Gasteiger partial charge on any atom is -0.485 e. The van der Waals surface area contributed by atoms with Crippen molar-refractivity contribution < 1.29 is 9.53 Å². The van der Waals surface area contributed by atoms with E-state index in [1.54, 1.807) is 35.1 Å². The number of hydrogen-bond donors (Lipinski definition) is 0. The SMILES string of the molecule is Cc1cc(C(=O)COc2ccccc2-c2nccs2)c(C)n1-c1nccs1. The molecule has 0 bridgehead atoms. The fraction of sp³-hybridized carbons (Fsp3) is 0.150. The monoisotopic (exact) mass is 395 g/mol. The van der Waals surface area contributed by atoms with Gasteiger partial charge in [0.25, 0.3) is 0 Å². The molecule has 0 amide bonds. The number of thiazole rings is 2. The van der Waals surface area contributed by atoms with Crippen LogP contribution >= 0.6 is 22.7 Å². The molecule has 27 heavy (non-hydrogen) atoms. The van der Waals surface area contributed by atoms with Crippen LogP contribution in [0.5, 0.6) is 5.75 Å². The van der Waals surface area contributed by atoms with Crippen molar-refractivity contribution in [3.63, 3.8) is 0 Å². The second-order valence-electron chi connectivity index (χ2n) is 5.98. The molecular formula is C20H17N3O2S2. The van der Waals surface area contributed by atoms with E-state index in [0.717, 1.165) is 27.1 Å². The Balaban J connectivity index is 1.56. The van der Waals surface area contributed by atoms with Crippen molar-refractivity contribution in [2.24, 2.45) is 0 Å². The Morgan fingerprint density at radius 2 is 1.89 bits per heavy atom. The van der Waals surface area contributed by atoms with Crippen LogP contribution in [-0.2, 0) is 0 Å². The van der Waals surface area contributed by atoms with E-state index in [9.17, 15) is 4.79 Å². The van der Waals surface area contributed by atoms with E-state index >= 15 is 0 Å². The number of carbonyl (C=O) groups is 1. The maximum atomic E-state index is 12.8. The van der Waals surface area contributed by atoms with Gasteiger partial charge in [-0.3, -0.25) is 9.36 Å². The molecule has 4 aromatic rings. The van der Waals surface area contributed by atoms with Gasteiger partial charge in [-0.05, 0) is 32.0 Å². The first-order valence-electron chi connectivity index (χ1n) is 8.39. The minimum absolute atomic E-state index is 0.0233. The second kappa shape index (κ2) is 7.46. The molecule has 0 N–H and O–H groups in total. The normalized spacial score (nSPS) is 10.9. The summed E-state index contributed by atoms with van der Waals surface area (Å²) in [4.78, 5) is 21.5. The Hall–Kier alpha value is -2.77. The van der Waals surface area contributed by atoms with Gasteiger partial charge in [-0.1, -0.05) is 12.1 Å². The lowest BCUT2D eigenvalue weighted by Gasteiger charge is -2.10. The number of ketones is 1. The Bertz CT molecular complexity index is 1070. The van der Waals surface area contributed by atoms with Gasteiger partial charge in [0.2, 0.25) is 5.78 Å². The highest BCUT2D eigenvalue weighted by Gasteiger charge is 2.19. The first-order chi connectivity index (χ1) is 13.1. The fourth-order valence-corrected chi connectivity index (χ4v) is 4.43. The van der Waals surface area contributed by atoms with Gasteiger partial charge in [0.1, 0.15) is 10.8 Å². The fourth-order valence-electron chi connectivity index (χ4n) is 3.01. The molecule has 5 nitrogen and oxygen atoms in total. The third-order valence-electron chi connectivity index (χ3n) is 4.25. The van der Waals surface area contributed by atoms with E-state index < -0.39 is 0 Å². The summed E-state index contributed by atoms with van der Waals surface area (Å²) in [5, 5.41) is 5.58. The molecule has 4 rings (SSSR count). The molecule has 0 spiro atoms. The number of carbonyl (C=O) groups excluding carboxylic acids is 1. The molecule has 0 atom stereocenters. The van der Waals surface area contributed by atoms with Crippen molar-refractivity contribution in [2.45, 2.75) is 13.8 Å². The highest BCUT2D eigenvalue weighted by atomic mass is 32.1. The average molecular weight is 396 g/mol. The van der Waals surface area contributed by atoms with E-state index in [1.807, 2.05) is 59.5 Å². The maximum Gasteiger partial charge on any atom is 0.202 e. The Kier molecular flexibility index (Phi) is 4.87. The number of aryl methyl sites for hydroxylation is 1. The van der Waals surface area contributed by atoms with Crippen LogP contribution in [-0.4, -0.2) is 26.9 Å². The van der Waals surface area contributed by atoms with Crippen LogP contribution in [0.25, 0.3) is 15.7 Å². The third-order valence-corrected chi connectivity index (χ3v) is 5.81. The van der Waals surface area contributed by atoms with Crippen LogP contribution in [0.1, 0.15) is 21.7 Å². The molecule has 0 aliphatic heterocycles. The molecule has 0 saturated carbocycles. The Labute approximate surface area is 164 Å². The highest BCUT2D eigenvalue weighted by molar-refractivity contribution is 7.13. The molecule has 3 aromatic heterocycles. The summed E-state index contributed by atoms with van der Waals surface area (Å²) in [5.74, 6) is 0.606. The third kappa shape index (κ3) is 3.43. The van der Waals surface area contributed by atoms with Gasteiger partial charge in [-0.15, -0.1) is 22.7 Å². The van der Waals surface area contributed by atoms with Crippen LogP contribution in [0.3, 0.4) is 0 Å². The molecule has 3 heterocycles. The summed E-state index contributed by atoms with van der Waals surface area (Å²) in [6, 6.07) is 9.54. The first-order valence-corrected chi connectivity index (χ1v) is 10.1.